The van der Waals surface area contributed by atoms with Crippen LogP contribution in [0.25, 0.3) is 38.3 Å². The van der Waals surface area contributed by atoms with Crippen molar-refractivity contribution >= 4 is 50.0 Å². The van der Waals surface area contributed by atoms with E-state index >= 15 is 0 Å². The maximum absolute atomic E-state index is 12.5. The molecule has 8 rings (SSSR count). The van der Waals surface area contributed by atoms with Gasteiger partial charge >= 0.3 is 0 Å². The van der Waals surface area contributed by atoms with E-state index in [0.717, 1.165) is 59.4 Å². The molecule has 0 spiro atoms. The topological polar surface area (TPSA) is 99.9 Å². The number of aromatic nitrogens is 3. The van der Waals surface area contributed by atoms with Crippen LogP contribution in [-0.2, 0) is 13.0 Å². The van der Waals surface area contributed by atoms with Gasteiger partial charge in [-0.05, 0) is 84.0 Å². The van der Waals surface area contributed by atoms with Gasteiger partial charge in [-0.1, -0.05) is 72.3 Å². The number of amides is 1. The molecule has 234 valence electrons. The van der Waals surface area contributed by atoms with E-state index in [1.54, 1.807) is 0 Å². The minimum atomic E-state index is -0.137. The molecule has 0 aliphatic heterocycles. The molecule has 1 unspecified atom stereocenters. The zero-order chi connectivity index (χ0) is 31.9. The zero-order valence-electron chi connectivity index (χ0n) is 26.6. The van der Waals surface area contributed by atoms with Crippen LogP contribution in [0.1, 0.15) is 58.6 Å². The van der Waals surface area contributed by atoms with E-state index in [0.29, 0.717) is 25.2 Å². The molecule has 2 heterocycles. The molecule has 2 aliphatic rings. The highest BCUT2D eigenvalue weighted by Crippen LogP contribution is 2.45. The van der Waals surface area contributed by atoms with Gasteiger partial charge in [-0.2, -0.15) is 0 Å². The second-order valence-electron chi connectivity index (χ2n) is 12.6. The van der Waals surface area contributed by atoms with E-state index in [-0.39, 0.29) is 11.8 Å². The Morgan fingerprint density at radius 3 is 2.68 bits per heavy atom. The number of H-pyrrole nitrogens is 1. The van der Waals surface area contributed by atoms with Crippen molar-refractivity contribution in [2.45, 2.75) is 38.6 Å². The van der Waals surface area contributed by atoms with Crippen molar-refractivity contribution in [1.29, 1.82) is 0 Å². The number of benzene rings is 4. The average Bonchev–Trinajstić information content (AvgIpc) is 3.53. The molecule has 0 saturated heterocycles. The van der Waals surface area contributed by atoms with E-state index in [1.807, 2.05) is 18.2 Å². The summed E-state index contributed by atoms with van der Waals surface area (Å²) >= 11 is 0. The quantitative estimate of drug-likeness (QED) is 0.165. The molecule has 6 aromatic rings. The number of aryl methyl sites for hydroxylation is 1. The summed E-state index contributed by atoms with van der Waals surface area (Å²) in [6.45, 7) is 4.36. The third-order valence-corrected chi connectivity index (χ3v) is 9.73. The molecule has 4 N–H and O–H groups in total. The molecule has 4 aromatic carbocycles. The number of anilines is 1. The zero-order valence-corrected chi connectivity index (χ0v) is 26.6. The number of aromatic amines is 1. The number of hydrogen-bond acceptors (Lipinski definition) is 5. The van der Waals surface area contributed by atoms with Crippen LogP contribution >= 0.6 is 0 Å². The third kappa shape index (κ3) is 5.36. The van der Waals surface area contributed by atoms with Gasteiger partial charge < -0.3 is 20.9 Å². The van der Waals surface area contributed by atoms with Crippen LogP contribution in [0, 0.1) is 0 Å². The van der Waals surface area contributed by atoms with Crippen molar-refractivity contribution in [3.63, 3.8) is 0 Å². The Balaban J connectivity index is 1.13. The van der Waals surface area contributed by atoms with Gasteiger partial charge in [0.25, 0.3) is 5.91 Å². The first-order valence-corrected chi connectivity index (χ1v) is 16.6. The van der Waals surface area contributed by atoms with Crippen molar-refractivity contribution in [2.75, 3.05) is 24.5 Å². The number of pyridine rings is 1. The Morgan fingerprint density at radius 1 is 0.957 bits per heavy atom. The second kappa shape index (κ2) is 12.2. The van der Waals surface area contributed by atoms with Crippen LogP contribution in [0.4, 0.5) is 5.82 Å². The molecule has 7 heteroatoms. The third-order valence-electron chi connectivity index (χ3n) is 9.73. The van der Waals surface area contributed by atoms with Gasteiger partial charge in [-0.25, -0.2) is 9.97 Å². The lowest BCUT2D eigenvalue weighted by Gasteiger charge is -2.31. The normalized spacial score (nSPS) is 15.7. The van der Waals surface area contributed by atoms with Gasteiger partial charge in [0, 0.05) is 42.1 Å². The Bertz CT molecular complexity index is 2230. The van der Waals surface area contributed by atoms with Gasteiger partial charge in [0.15, 0.2) is 0 Å². The van der Waals surface area contributed by atoms with Crippen molar-refractivity contribution in [1.82, 2.24) is 20.3 Å². The second-order valence-corrected chi connectivity index (χ2v) is 12.6. The SMILES string of the molecule is CCN(Cc1nc2ccc(C(=O)NCCN)cc2[nH]1)c1nc2ccccc2cc1C1C=CC2=C(CCc3c2ccc2ccccc32)C1. The van der Waals surface area contributed by atoms with Gasteiger partial charge in [0.2, 0.25) is 0 Å². The fourth-order valence-electron chi connectivity index (χ4n) is 7.37. The number of nitrogens with two attached hydrogens (primary N) is 1. The van der Waals surface area contributed by atoms with E-state index < -0.39 is 0 Å². The summed E-state index contributed by atoms with van der Waals surface area (Å²) in [4.78, 5) is 28.5. The molecule has 0 fully saturated rings. The summed E-state index contributed by atoms with van der Waals surface area (Å²) in [6.07, 6.45) is 7.90. The standard InChI is InChI=1S/C40H38N6O/c1-2-46(24-38-43-36-18-14-29(23-37(36)44-38)40(47)42-20-19-41)39-34(22-28-8-4-6-10-35(28)45-39)27-12-15-31-26(21-27)13-17-32-30-9-5-3-7-25(30)11-16-33(31)32/h3-12,14-16,18,22-23,27H,2,13,17,19-21,24,41H2,1H3,(H,42,47)(H,43,44). The van der Waals surface area contributed by atoms with Crippen LogP contribution in [0.15, 0.2) is 103 Å². The highest BCUT2D eigenvalue weighted by molar-refractivity contribution is 5.97. The summed E-state index contributed by atoms with van der Waals surface area (Å²) in [5.74, 6) is 1.92. The van der Waals surface area contributed by atoms with Crippen molar-refractivity contribution < 1.29 is 4.79 Å². The summed E-state index contributed by atoms with van der Waals surface area (Å²) in [7, 11) is 0. The number of carbonyl (C=O) groups excluding carboxylic acids is 1. The smallest absolute Gasteiger partial charge is 0.251 e. The molecule has 0 saturated carbocycles. The number of allylic oxidation sites excluding steroid dienone is 4. The van der Waals surface area contributed by atoms with Crippen molar-refractivity contribution in [2.24, 2.45) is 5.73 Å². The van der Waals surface area contributed by atoms with E-state index in [9.17, 15) is 4.79 Å². The van der Waals surface area contributed by atoms with Gasteiger partial charge in [-0.3, -0.25) is 4.79 Å². The lowest BCUT2D eigenvalue weighted by molar-refractivity contribution is 0.0955. The molecular formula is C40H38N6O. The Kier molecular flexibility index (Phi) is 7.54. The van der Waals surface area contributed by atoms with E-state index in [2.05, 4.69) is 101 Å². The first-order valence-electron chi connectivity index (χ1n) is 16.6. The van der Waals surface area contributed by atoms with Gasteiger partial charge in [-0.15, -0.1) is 0 Å². The minimum Gasteiger partial charge on any atom is -0.351 e. The van der Waals surface area contributed by atoms with E-state index in [4.69, 9.17) is 15.7 Å². The highest BCUT2D eigenvalue weighted by Gasteiger charge is 2.28. The van der Waals surface area contributed by atoms with Gasteiger partial charge in [0.05, 0.1) is 23.1 Å². The van der Waals surface area contributed by atoms with Crippen LogP contribution < -0.4 is 16.0 Å². The number of para-hydroxylation sites is 1. The molecular weight excluding hydrogens is 580 g/mol. The first kappa shape index (κ1) is 29.2. The fourth-order valence-corrected chi connectivity index (χ4v) is 7.37. The van der Waals surface area contributed by atoms with Crippen molar-refractivity contribution in [3.05, 3.63) is 131 Å². The summed E-state index contributed by atoms with van der Waals surface area (Å²) in [5.41, 5.74) is 15.8. The van der Waals surface area contributed by atoms with Crippen LogP contribution in [0.3, 0.4) is 0 Å². The Labute approximate surface area is 274 Å². The number of rotatable bonds is 8. The number of carbonyl (C=O) groups is 1. The Hall–Kier alpha value is -5.27. The number of imidazole rings is 1. The number of fused-ring (bicyclic) bond motifs is 6. The van der Waals surface area contributed by atoms with Crippen molar-refractivity contribution in [3.8, 4) is 0 Å². The molecule has 7 nitrogen and oxygen atoms in total. The number of hydrogen-bond donors (Lipinski definition) is 3. The molecule has 2 aromatic heterocycles. The first-order chi connectivity index (χ1) is 23.1. The van der Waals surface area contributed by atoms with Crippen LogP contribution in [0.2, 0.25) is 0 Å². The lowest BCUT2D eigenvalue weighted by Crippen LogP contribution is -2.28. The number of nitrogens with zero attached hydrogens (tertiary/aromatic N) is 3. The molecule has 1 amide bonds. The fraction of sp³-hybridized carbons (Fsp3) is 0.225. The average molecular weight is 619 g/mol. The predicted octanol–water partition coefficient (Wildman–Crippen LogP) is 7.42. The maximum atomic E-state index is 12.5. The molecule has 47 heavy (non-hydrogen) atoms. The Morgan fingerprint density at radius 2 is 1.81 bits per heavy atom. The minimum absolute atomic E-state index is 0.137. The molecule has 1 atom stereocenters. The highest BCUT2D eigenvalue weighted by atomic mass is 16.1. The monoisotopic (exact) mass is 618 g/mol. The van der Waals surface area contributed by atoms with E-state index in [1.165, 1.54) is 38.6 Å². The molecule has 2 aliphatic carbocycles. The summed E-state index contributed by atoms with van der Waals surface area (Å²) < 4.78 is 0. The van der Waals surface area contributed by atoms with Gasteiger partial charge in [0.1, 0.15) is 11.6 Å². The summed E-state index contributed by atoms with van der Waals surface area (Å²) in [6, 6.07) is 29.6. The maximum Gasteiger partial charge on any atom is 0.251 e. The lowest BCUT2D eigenvalue weighted by atomic mass is 9.75. The molecule has 0 radical (unpaired) electrons. The van der Waals surface area contributed by atoms with Crippen LogP contribution in [0.5, 0.6) is 0 Å². The predicted molar refractivity (Wildman–Crippen MR) is 192 cm³/mol. The number of nitrogens with one attached hydrogen (secondary N) is 2. The largest absolute Gasteiger partial charge is 0.351 e. The summed E-state index contributed by atoms with van der Waals surface area (Å²) in [5, 5.41) is 6.69. The van der Waals surface area contributed by atoms with Crippen LogP contribution in [-0.4, -0.2) is 40.5 Å². The molecule has 0 bridgehead atoms.